The summed E-state index contributed by atoms with van der Waals surface area (Å²) in [6, 6.07) is 8.18. The summed E-state index contributed by atoms with van der Waals surface area (Å²) in [5, 5.41) is 6.07. The van der Waals surface area contributed by atoms with Crippen LogP contribution in [0, 0.1) is 11.8 Å². The van der Waals surface area contributed by atoms with Gasteiger partial charge in [-0.1, -0.05) is 18.1 Å². The van der Waals surface area contributed by atoms with Crippen LogP contribution >= 0.6 is 0 Å². The Labute approximate surface area is 128 Å². The standard InChI is InChI=1S/C18H23N3/c1-5-6-7-17(20-15-14-19-2)11-8-16-9-12-18(13-10-16)21(3)4/h5-7,9-10,12-15,19-20H,1-4H3/b6-5+,15-14+,17-7-. The summed E-state index contributed by atoms with van der Waals surface area (Å²) < 4.78 is 0. The third-order valence-corrected chi connectivity index (χ3v) is 2.67. The molecule has 2 N–H and O–H groups in total. The van der Waals surface area contributed by atoms with Crippen molar-refractivity contribution in [1.29, 1.82) is 0 Å². The topological polar surface area (TPSA) is 27.3 Å². The van der Waals surface area contributed by atoms with Gasteiger partial charge in [0.1, 0.15) is 0 Å². The quantitative estimate of drug-likeness (QED) is 0.642. The average molecular weight is 281 g/mol. The maximum atomic E-state index is 3.16. The van der Waals surface area contributed by atoms with E-state index in [1.54, 1.807) is 0 Å². The van der Waals surface area contributed by atoms with Gasteiger partial charge in [-0.2, -0.15) is 0 Å². The largest absolute Gasteiger partial charge is 0.393 e. The molecule has 0 fully saturated rings. The van der Waals surface area contributed by atoms with E-state index >= 15 is 0 Å². The zero-order chi connectivity index (χ0) is 15.5. The lowest BCUT2D eigenvalue weighted by Gasteiger charge is -2.11. The molecule has 0 bridgehead atoms. The number of rotatable bonds is 5. The van der Waals surface area contributed by atoms with Gasteiger partial charge in [-0.05, 0) is 43.2 Å². The molecule has 0 aliphatic carbocycles. The Balaban J connectivity index is 2.85. The van der Waals surface area contributed by atoms with Gasteiger partial charge in [-0.25, -0.2) is 0 Å². The lowest BCUT2D eigenvalue weighted by molar-refractivity contribution is 1.04. The summed E-state index contributed by atoms with van der Waals surface area (Å²) in [5.41, 5.74) is 3.00. The summed E-state index contributed by atoms with van der Waals surface area (Å²) >= 11 is 0. The molecule has 0 radical (unpaired) electrons. The van der Waals surface area contributed by atoms with Gasteiger partial charge < -0.3 is 15.5 Å². The fourth-order valence-electron chi connectivity index (χ4n) is 1.52. The Morgan fingerprint density at radius 1 is 1.14 bits per heavy atom. The van der Waals surface area contributed by atoms with E-state index in [0.29, 0.717) is 0 Å². The van der Waals surface area contributed by atoms with Gasteiger partial charge in [0, 0.05) is 44.8 Å². The van der Waals surface area contributed by atoms with Gasteiger partial charge >= 0.3 is 0 Å². The molecule has 0 aromatic heterocycles. The van der Waals surface area contributed by atoms with Crippen molar-refractivity contribution >= 4 is 5.69 Å². The van der Waals surface area contributed by atoms with E-state index in [9.17, 15) is 0 Å². The summed E-state index contributed by atoms with van der Waals surface area (Å²) in [6.07, 6.45) is 9.51. The summed E-state index contributed by atoms with van der Waals surface area (Å²) in [7, 11) is 5.90. The first kappa shape index (κ1) is 16.5. The number of benzene rings is 1. The molecule has 0 amide bonds. The van der Waals surface area contributed by atoms with Gasteiger partial charge in [-0.15, -0.1) is 0 Å². The van der Waals surface area contributed by atoms with Crippen molar-refractivity contribution in [3.05, 3.63) is 66.2 Å². The first-order valence-corrected chi connectivity index (χ1v) is 6.88. The molecule has 110 valence electrons. The van der Waals surface area contributed by atoms with Crippen LogP contribution in [0.1, 0.15) is 12.5 Å². The number of nitrogens with one attached hydrogen (secondary N) is 2. The molecule has 0 unspecified atom stereocenters. The molecule has 0 heterocycles. The van der Waals surface area contributed by atoms with Gasteiger partial charge in [0.15, 0.2) is 0 Å². The first-order valence-electron chi connectivity index (χ1n) is 6.88. The highest BCUT2D eigenvalue weighted by Gasteiger charge is 1.93. The van der Waals surface area contributed by atoms with Crippen LogP contribution in [0.4, 0.5) is 5.69 Å². The lowest BCUT2D eigenvalue weighted by Crippen LogP contribution is -2.08. The van der Waals surface area contributed by atoms with Crippen LogP contribution in [0.3, 0.4) is 0 Å². The molecule has 0 saturated carbocycles. The van der Waals surface area contributed by atoms with E-state index in [1.165, 1.54) is 5.69 Å². The average Bonchev–Trinajstić information content (AvgIpc) is 2.50. The molecule has 1 aromatic rings. The third-order valence-electron chi connectivity index (χ3n) is 2.67. The van der Waals surface area contributed by atoms with E-state index in [-0.39, 0.29) is 0 Å². The minimum atomic E-state index is 0.844. The fourth-order valence-corrected chi connectivity index (χ4v) is 1.52. The highest BCUT2D eigenvalue weighted by atomic mass is 15.1. The smallest absolute Gasteiger partial charge is 0.0896 e. The van der Waals surface area contributed by atoms with E-state index < -0.39 is 0 Å². The Kier molecular flexibility index (Phi) is 7.31. The van der Waals surface area contributed by atoms with E-state index in [4.69, 9.17) is 0 Å². The van der Waals surface area contributed by atoms with Crippen LogP contribution in [0.2, 0.25) is 0 Å². The Hall–Kier alpha value is -2.60. The number of allylic oxidation sites excluding steroid dienone is 4. The van der Waals surface area contributed by atoms with Crippen LogP contribution in [0.15, 0.2) is 60.6 Å². The van der Waals surface area contributed by atoms with Crippen molar-refractivity contribution in [2.75, 3.05) is 26.0 Å². The monoisotopic (exact) mass is 281 g/mol. The summed E-state index contributed by atoms with van der Waals surface area (Å²) in [5.74, 6) is 6.29. The maximum Gasteiger partial charge on any atom is 0.0896 e. The molecule has 21 heavy (non-hydrogen) atoms. The molecular formula is C18H23N3. The minimum absolute atomic E-state index is 0.844. The van der Waals surface area contributed by atoms with Crippen LogP contribution in [0.25, 0.3) is 0 Å². The zero-order valence-corrected chi connectivity index (χ0v) is 13.1. The van der Waals surface area contributed by atoms with E-state index in [0.717, 1.165) is 11.3 Å². The Morgan fingerprint density at radius 2 is 1.86 bits per heavy atom. The van der Waals surface area contributed by atoms with Crippen molar-refractivity contribution in [2.24, 2.45) is 0 Å². The second-order valence-corrected chi connectivity index (χ2v) is 4.56. The third kappa shape index (κ3) is 6.40. The van der Waals surface area contributed by atoms with Crippen molar-refractivity contribution < 1.29 is 0 Å². The molecule has 0 aliphatic heterocycles. The normalized spacial score (nSPS) is 11.3. The SMILES string of the molecule is C/C=C/C=C(/C#Cc1ccc(N(C)C)cc1)N/C=C/NC. The van der Waals surface area contributed by atoms with E-state index in [2.05, 4.69) is 39.5 Å². The molecule has 0 atom stereocenters. The predicted octanol–water partition coefficient (Wildman–Crippen LogP) is 2.84. The van der Waals surface area contributed by atoms with Gasteiger partial charge in [0.25, 0.3) is 0 Å². The number of hydrogen-bond donors (Lipinski definition) is 2. The van der Waals surface area contributed by atoms with Crippen LogP contribution in [-0.2, 0) is 0 Å². The number of hydrogen-bond acceptors (Lipinski definition) is 3. The van der Waals surface area contributed by atoms with Gasteiger partial charge in [-0.3, -0.25) is 0 Å². The molecule has 3 nitrogen and oxygen atoms in total. The van der Waals surface area contributed by atoms with Gasteiger partial charge in [0.05, 0.1) is 5.70 Å². The Bertz CT molecular complexity index is 567. The van der Waals surface area contributed by atoms with Crippen LogP contribution in [-0.4, -0.2) is 21.1 Å². The molecule has 1 aromatic carbocycles. The van der Waals surface area contributed by atoms with Crippen LogP contribution < -0.4 is 15.5 Å². The fraction of sp³-hybridized carbons (Fsp3) is 0.222. The lowest BCUT2D eigenvalue weighted by atomic mass is 10.2. The molecule has 3 heteroatoms. The molecule has 0 spiro atoms. The molecule has 0 saturated heterocycles. The molecule has 1 rings (SSSR count). The summed E-state index contributed by atoms with van der Waals surface area (Å²) in [4.78, 5) is 2.07. The van der Waals surface area contributed by atoms with Crippen LogP contribution in [0.5, 0.6) is 0 Å². The highest BCUT2D eigenvalue weighted by Crippen LogP contribution is 2.11. The molecule has 0 aliphatic rings. The van der Waals surface area contributed by atoms with Crippen molar-refractivity contribution in [1.82, 2.24) is 10.6 Å². The molecular weight excluding hydrogens is 258 g/mol. The Morgan fingerprint density at radius 3 is 2.43 bits per heavy atom. The second kappa shape index (κ2) is 9.33. The second-order valence-electron chi connectivity index (χ2n) is 4.56. The maximum absolute atomic E-state index is 3.16. The number of anilines is 1. The first-order chi connectivity index (χ1) is 10.2. The van der Waals surface area contributed by atoms with E-state index in [1.807, 2.05) is 70.8 Å². The highest BCUT2D eigenvalue weighted by molar-refractivity contribution is 5.50. The van der Waals surface area contributed by atoms with Gasteiger partial charge in [0.2, 0.25) is 0 Å². The predicted molar refractivity (Wildman–Crippen MR) is 91.9 cm³/mol. The zero-order valence-electron chi connectivity index (χ0n) is 13.1. The van der Waals surface area contributed by atoms with Crippen molar-refractivity contribution in [3.63, 3.8) is 0 Å². The van der Waals surface area contributed by atoms with Crippen molar-refractivity contribution in [2.45, 2.75) is 6.92 Å². The number of nitrogens with zero attached hydrogens (tertiary/aromatic N) is 1. The van der Waals surface area contributed by atoms with Crippen molar-refractivity contribution in [3.8, 4) is 11.8 Å². The minimum Gasteiger partial charge on any atom is -0.393 e. The summed E-state index contributed by atoms with van der Waals surface area (Å²) in [6.45, 7) is 1.98.